The zero-order valence-electron chi connectivity index (χ0n) is 11.3. The fraction of sp³-hybridized carbons (Fsp3) is 0.833. The molecule has 0 saturated carbocycles. The molecule has 1 unspecified atom stereocenters. The molecule has 2 aliphatic heterocycles. The van der Waals surface area contributed by atoms with Crippen molar-refractivity contribution in [2.75, 3.05) is 12.9 Å². The normalized spacial score (nSPS) is 30.4. The Kier molecular flexibility index (Phi) is 4.64. The van der Waals surface area contributed by atoms with Gasteiger partial charge >= 0.3 is 5.97 Å². The summed E-state index contributed by atoms with van der Waals surface area (Å²) in [5.74, 6) is -0.272. The topological polar surface area (TPSA) is 98.8 Å². The first-order valence-corrected chi connectivity index (χ1v) is 8.50. The molecule has 0 aromatic carbocycles. The van der Waals surface area contributed by atoms with Crippen LogP contribution in [0.5, 0.6) is 0 Å². The summed E-state index contributed by atoms with van der Waals surface area (Å²) in [6, 6.07) is -0.0187. The van der Waals surface area contributed by atoms with Crippen LogP contribution in [0.15, 0.2) is 0 Å². The molecule has 2 saturated heterocycles. The number of cyclic esters (lactones) is 1. The Morgan fingerprint density at radius 2 is 2.15 bits per heavy atom. The number of hydrogen-bond acceptors (Lipinski definition) is 6. The van der Waals surface area contributed by atoms with Crippen molar-refractivity contribution in [3.63, 3.8) is 0 Å². The molecule has 20 heavy (non-hydrogen) atoms. The van der Waals surface area contributed by atoms with Crippen LogP contribution >= 0.6 is 0 Å². The second kappa shape index (κ2) is 6.09. The van der Waals surface area contributed by atoms with E-state index in [-0.39, 0.29) is 36.5 Å². The van der Waals surface area contributed by atoms with E-state index in [1.165, 1.54) is 0 Å². The summed E-state index contributed by atoms with van der Waals surface area (Å²) in [4.78, 5) is 22.7. The summed E-state index contributed by atoms with van der Waals surface area (Å²) < 4.78 is 31.6. The van der Waals surface area contributed by atoms with E-state index in [0.717, 1.165) is 12.7 Å². The van der Waals surface area contributed by atoms with Crippen molar-refractivity contribution >= 4 is 22.0 Å². The van der Waals surface area contributed by atoms with Gasteiger partial charge in [0, 0.05) is 18.4 Å². The number of rotatable bonds is 6. The Bertz CT molecular complexity index is 488. The molecule has 3 atom stereocenters. The highest BCUT2D eigenvalue weighted by Crippen LogP contribution is 2.32. The average molecular weight is 305 g/mol. The molecule has 114 valence electrons. The third-order valence-electron chi connectivity index (χ3n) is 3.64. The van der Waals surface area contributed by atoms with Crippen LogP contribution in [0.4, 0.5) is 0 Å². The first kappa shape index (κ1) is 15.2. The van der Waals surface area contributed by atoms with Gasteiger partial charge in [-0.15, -0.1) is 0 Å². The summed E-state index contributed by atoms with van der Waals surface area (Å²) in [5, 5.41) is 2.86. The molecule has 0 spiro atoms. The van der Waals surface area contributed by atoms with E-state index in [2.05, 4.69) is 9.50 Å². The van der Waals surface area contributed by atoms with Crippen molar-refractivity contribution < 1.29 is 26.9 Å². The standard InChI is InChI=1S/C12H19NO6S/c1-20(16,17)18-6-2-3-10-8(7-12(15)19-10)9-4-5-11(14)13-9/h8-10H,2-7H2,1H3,(H,13,14)/t8-,9?,10-/m1/s1. The largest absolute Gasteiger partial charge is 0.462 e. The van der Waals surface area contributed by atoms with Gasteiger partial charge in [-0.1, -0.05) is 0 Å². The highest BCUT2D eigenvalue weighted by molar-refractivity contribution is 7.85. The zero-order chi connectivity index (χ0) is 14.8. The maximum atomic E-state index is 11.4. The Labute approximate surface area is 118 Å². The predicted molar refractivity (Wildman–Crippen MR) is 69.2 cm³/mol. The van der Waals surface area contributed by atoms with Crippen molar-refractivity contribution in [3.05, 3.63) is 0 Å². The van der Waals surface area contributed by atoms with Gasteiger partial charge in [-0.3, -0.25) is 13.8 Å². The van der Waals surface area contributed by atoms with Gasteiger partial charge in [0.25, 0.3) is 10.1 Å². The lowest BCUT2D eigenvalue weighted by molar-refractivity contribution is -0.141. The van der Waals surface area contributed by atoms with E-state index in [0.29, 0.717) is 25.7 Å². The highest BCUT2D eigenvalue weighted by atomic mass is 32.2. The van der Waals surface area contributed by atoms with Crippen LogP contribution in [-0.4, -0.2) is 45.3 Å². The average Bonchev–Trinajstić information content (AvgIpc) is 2.90. The fourth-order valence-electron chi connectivity index (χ4n) is 2.76. The molecule has 0 radical (unpaired) electrons. The molecule has 2 rings (SSSR count). The summed E-state index contributed by atoms with van der Waals surface area (Å²) in [6.07, 6.45) is 3.27. The van der Waals surface area contributed by atoms with Crippen LogP contribution in [0.1, 0.15) is 32.1 Å². The minimum absolute atomic E-state index is 0.00788. The molecule has 2 aliphatic rings. The highest BCUT2D eigenvalue weighted by Gasteiger charge is 2.41. The maximum absolute atomic E-state index is 11.4. The van der Waals surface area contributed by atoms with Gasteiger partial charge in [0.1, 0.15) is 6.10 Å². The van der Waals surface area contributed by atoms with E-state index >= 15 is 0 Å². The summed E-state index contributed by atoms with van der Waals surface area (Å²) in [7, 11) is -3.43. The second-order valence-electron chi connectivity index (χ2n) is 5.28. The molecular weight excluding hydrogens is 286 g/mol. The van der Waals surface area contributed by atoms with E-state index in [1.807, 2.05) is 0 Å². The predicted octanol–water partition coefficient (Wildman–Crippen LogP) is -0.0469. The van der Waals surface area contributed by atoms with Gasteiger partial charge in [0.05, 0.1) is 19.3 Å². The lowest BCUT2D eigenvalue weighted by Gasteiger charge is -2.22. The number of esters is 1. The van der Waals surface area contributed by atoms with Crippen molar-refractivity contribution in [1.82, 2.24) is 5.32 Å². The van der Waals surface area contributed by atoms with E-state index in [4.69, 9.17) is 4.74 Å². The van der Waals surface area contributed by atoms with E-state index in [9.17, 15) is 18.0 Å². The number of nitrogens with one attached hydrogen (secondary N) is 1. The van der Waals surface area contributed by atoms with Crippen LogP contribution in [0, 0.1) is 5.92 Å². The molecule has 0 bridgehead atoms. The first-order chi connectivity index (χ1) is 9.35. The molecule has 1 amide bonds. The smallest absolute Gasteiger partial charge is 0.306 e. The molecule has 0 aromatic heterocycles. The lowest BCUT2D eigenvalue weighted by Crippen LogP contribution is -2.37. The number of carbonyl (C=O) groups is 2. The quantitative estimate of drug-likeness (QED) is 0.420. The Morgan fingerprint density at radius 1 is 1.40 bits per heavy atom. The zero-order valence-corrected chi connectivity index (χ0v) is 12.1. The van der Waals surface area contributed by atoms with Crippen molar-refractivity contribution in [2.24, 2.45) is 5.92 Å². The van der Waals surface area contributed by atoms with Gasteiger partial charge in [0.15, 0.2) is 0 Å². The van der Waals surface area contributed by atoms with Gasteiger partial charge in [-0.05, 0) is 19.3 Å². The van der Waals surface area contributed by atoms with Crippen molar-refractivity contribution in [2.45, 2.75) is 44.2 Å². The Hall–Kier alpha value is -1.15. The van der Waals surface area contributed by atoms with Crippen molar-refractivity contribution in [1.29, 1.82) is 0 Å². The second-order valence-corrected chi connectivity index (χ2v) is 6.92. The SMILES string of the molecule is CS(=O)(=O)OCCC[C@H]1OC(=O)C[C@@H]1C1CCC(=O)N1. The maximum Gasteiger partial charge on any atom is 0.306 e. The molecule has 7 nitrogen and oxygen atoms in total. The molecule has 0 aliphatic carbocycles. The molecule has 1 N–H and O–H groups in total. The number of carbonyl (C=O) groups excluding carboxylic acids is 2. The monoisotopic (exact) mass is 305 g/mol. The van der Waals surface area contributed by atoms with Crippen LogP contribution in [-0.2, 0) is 28.6 Å². The van der Waals surface area contributed by atoms with Crippen molar-refractivity contribution in [3.8, 4) is 0 Å². The fourth-order valence-corrected chi connectivity index (χ4v) is 3.18. The molecule has 8 heteroatoms. The molecular formula is C12H19NO6S. The summed E-state index contributed by atoms with van der Waals surface area (Å²) in [6.45, 7) is 0.0800. The lowest BCUT2D eigenvalue weighted by atomic mass is 9.89. The Balaban J connectivity index is 1.82. The first-order valence-electron chi connectivity index (χ1n) is 6.68. The molecule has 2 fully saturated rings. The third-order valence-corrected chi connectivity index (χ3v) is 4.23. The van der Waals surface area contributed by atoms with Gasteiger partial charge in [-0.25, -0.2) is 0 Å². The summed E-state index contributed by atoms with van der Waals surface area (Å²) >= 11 is 0. The minimum Gasteiger partial charge on any atom is -0.462 e. The Morgan fingerprint density at radius 3 is 2.75 bits per heavy atom. The number of hydrogen-bond donors (Lipinski definition) is 1. The number of amides is 1. The van der Waals surface area contributed by atoms with Crippen LogP contribution in [0.2, 0.25) is 0 Å². The summed E-state index contributed by atoms with van der Waals surface area (Å²) in [5.41, 5.74) is 0. The van der Waals surface area contributed by atoms with Gasteiger partial charge < -0.3 is 10.1 Å². The third kappa shape index (κ3) is 4.17. The van der Waals surface area contributed by atoms with Gasteiger partial charge in [-0.2, -0.15) is 8.42 Å². The van der Waals surface area contributed by atoms with E-state index < -0.39 is 10.1 Å². The van der Waals surface area contributed by atoms with E-state index in [1.54, 1.807) is 0 Å². The molecule has 0 aromatic rings. The van der Waals surface area contributed by atoms with Crippen LogP contribution < -0.4 is 5.32 Å². The van der Waals surface area contributed by atoms with Crippen LogP contribution in [0.25, 0.3) is 0 Å². The number of ether oxygens (including phenoxy) is 1. The minimum atomic E-state index is -3.43. The van der Waals surface area contributed by atoms with Gasteiger partial charge in [0.2, 0.25) is 5.91 Å². The molecule has 2 heterocycles. The van der Waals surface area contributed by atoms with Crippen LogP contribution in [0.3, 0.4) is 0 Å².